The van der Waals surface area contributed by atoms with Gasteiger partial charge in [0.05, 0.1) is 0 Å². The molecular weight excluding hydrogens is 229 g/mol. The second kappa shape index (κ2) is 6.44. The van der Waals surface area contributed by atoms with E-state index in [2.05, 4.69) is 6.58 Å². The molecule has 1 aliphatic carbocycles. The Morgan fingerprint density at radius 3 is 2.00 bits per heavy atom. The van der Waals surface area contributed by atoms with Gasteiger partial charge in [0.2, 0.25) is 0 Å². The predicted molar refractivity (Wildman–Crippen MR) is 31.7 cm³/mol. The Kier molecular flexibility index (Phi) is 8.62. The van der Waals surface area contributed by atoms with Crippen LogP contribution in [-0.2, 0) is 19.5 Å². The van der Waals surface area contributed by atoms with Crippen LogP contribution in [0.15, 0.2) is 36.5 Å². The van der Waals surface area contributed by atoms with Gasteiger partial charge in [0.25, 0.3) is 0 Å². The van der Waals surface area contributed by atoms with Crippen LogP contribution in [0.1, 0.15) is 0 Å². The molecule has 0 heterocycles. The van der Waals surface area contributed by atoms with Gasteiger partial charge in [-0.1, -0.05) is 30.9 Å². The van der Waals surface area contributed by atoms with Gasteiger partial charge in [-0.05, 0) is 5.57 Å². The fourth-order valence-electron chi connectivity index (χ4n) is 0.478. The van der Waals surface area contributed by atoms with E-state index in [1.54, 1.807) is 0 Å². The third kappa shape index (κ3) is 4.80. The topological polar surface area (TPSA) is 0 Å². The minimum Gasteiger partial charge on any atom is -1.00 e. The van der Waals surface area contributed by atoms with E-state index in [0.717, 1.165) is 5.57 Å². The normalized spacial score (nSPS) is 14.0. The first-order valence-electron chi connectivity index (χ1n) is 2.26. The van der Waals surface area contributed by atoms with E-state index in [0.29, 0.717) is 0 Å². The third-order valence-electron chi connectivity index (χ3n) is 0.843. The molecule has 0 bridgehead atoms. The van der Waals surface area contributed by atoms with Crippen molar-refractivity contribution in [2.45, 2.75) is 0 Å². The first-order valence-corrected chi connectivity index (χ1v) is 2.26. The summed E-state index contributed by atoms with van der Waals surface area (Å²) >= 11 is 0. The molecule has 0 aromatic heterocycles. The summed E-state index contributed by atoms with van der Waals surface area (Å²) in [6.07, 6.45) is 9.87. The van der Waals surface area contributed by atoms with Gasteiger partial charge in [-0.2, -0.15) is 0 Å². The van der Waals surface area contributed by atoms with E-state index in [1.165, 1.54) is 0 Å². The summed E-state index contributed by atoms with van der Waals surface area (Å²) in [4.78, 5) is 0. The molecule has 1 aliphatic rings. The number of hydrogen-bond acceptors (Lipinski definition) is 0. The molecule has 0 aliphatic heterocycles. The molecule has 0 atom stereocenters. The Hall–Kier alpha value is 0.323. The second-order valence-electron chi connectivity index (χ2n) is 1.49. The molecule has 0 aromatic rings. The first-order chi connectivity index (χ1) is 3.39. The quantitative estimate of drug-likeness (QED) is 0.467. The number of hydrogen-bond donors (Lipinski definition) is 0. The average molecular weight is 236 g/mol. The molecule has 1 rings (SSSR count). The summed E-state index contributed by atoms with van der Waals surface area (Å²) in [5, 5.41) is 0. The Bertz CT molecular complexity index is 136. The van der Waals surface area contributed by atoms with Gasteiger partial charge in [-0.25, -0.2) is 0 Å². The summed E-state index contributed by atoms with van der Waals surface area (Å²) in [6.45, 7) is 3.72. The Labute approximate surface area is 79.3 Å². The first kappa shape index (κ1) is 12.0. The fourth-order valence-corrected chi connectivity index (χ4v) is 0.478. The van der Waals surface area contributed by atoms with Crippen molar-refractivity contribution in [2.24, 2.45) is 0 Å². The summed E-state index contributed by atoms with van der Waals surface area (Å²) in [7, 11) is 0. The summed E-state index contributed by atoms with van der Waals surface area (Å²) in [6, 6.07) is 0. The molecule has 2 heteroatoms. The molecular formula is C7H7BrZn-. The summed E-state index contributed by atoms with van der Waals surface area (Å²) < 4.78 is 0. The van der Waals surface area contributed by atoms with Crippen molar-refractivity contribution >= 4 is 0 Å². The Balaban J connectivity index is 0. The standard InChI is InChI=1S/C7H7.BrH.Zn/c1-7-5-3-2-4-6-7;;/h2-6H,1H2;1H;/p-1. The maximum absolute atomic E-state index is 3.72. The molecule has 1 radical (unpaired) electrons. The molecule has 0 saturated carbocycles. The van der Waals surface area contributed by atoms with Crippen LogP contribution in [0.3, 0.4) is 0 Å². The average Bonchev–Trinajstić information content (AvgIpc) is 1.69. The molecule has 0 unspecified atom stereocenters. The zero-order valence-corrected chi connectivity index (χ0v) is 9.73. The van der Waals surface area contributed by atoms with Crippen molar-refractivity contribution in [3.63, 3.8) is 0 Å². The van der Waals surface area contributed by atoms with Crippen LogP contribution in [0.2, 0.25) is 0 Å². The van der Waals surface area contributed by atoms with Crippen LogP contribution >= 0.6 is 0 Å². The van der Waals surface area contributed by atoms with Crippen LogP contribution < -0.4 is 17.0 Å². The molecule has 9 heavy (non-hydrogen) atoms. The second-order valence-corrected chi connectivity index (χ2v) is 1.49. The van der Waals surface area contributed by atoms with Crippen LogP contribution in [0.4, 0.5) is 0 Å². The molecule has 0 fully saturated rings. The van der Waals surface area contributed by atoms with E-state index in [1.807, 2.05) is 30.7 Å². The van der Waals surface area contributed by atoms with E-state index >= 15 is 0 Å². The van der Waals surface area contributed by atoms with Crippen molar-refractivity contribution in [3.05, 3.63) is 42.9 Å². The molecule has 0 saturated heterocycles. The van der Waals surface area contributed by atoms with E-state index in [9.17, 15) is 0 Å². The zero-order chi connectivity index (χ0) is 5.11. The van der Waals surface area contributed by atoms with Crippen molar-refractivity contribution in [3.8, 4) is 0 Å². The van der Waals surface area contributed by atoms with E-state index < -0.39 is 0 Å². The van der Waals surface area contributed by atoms with Gasteiger partial charge >= 0.3 is 0 Å². The Morgan fingerprint density at radius 2 is 1.78 bits per heavy atom. The Morgan fingerprint density at radius 1 is 1.11 bits per heavy atom. The van der Waals surface area contributed by atoms with Crippen LogP contribution in [-0.4, -0.2) is 0 Å². The van der Waals surface area contributed by atoms with E-state index in [4.69, 9.17) is 0 Å². The maximum atomic E-state index is 3.72. The molecule has 0 nitrogen and oxygen atoms in total. The smallest absolute Gasteiger partial charge is 0.0119 e. The van der Waals surface area contributed by atoms with E-state index in [-0.39, 0.29) is 36.5 Å². The van der Waals surface area contributed by atoms with Crippen LogP contribution in [0.5, 0.6) is 0 Å². The molecule has 45 valence electrons. The summed E-state index contributed by atoms with van der Waals surface area (Å²) in [5.41, 5.74) is 1.07. The SMILES string of the molecule is C=C1[CH]C=CC=C1.[Br-].[Zn]. The minimum absolute atomic E-state index is 0. The largest absolute Gasteiger partial charge is 1.00 e. The number of halogens is 1. The molecule has 0 N–H and O–H groups in total. The molecule has 0 aromatic carbocycles. The molecule has 0 amide bonds. The third-order valence-corrected chi connectivity index (χ3v) is 0.843. The van der Waals surface area contributed by atoms with Crippen molar-refractivity contribution < 1.29 is 36.5 Å². The monoisotopic (exact) mass is 234 g/mol. The van der Waals surface area contributed by atoms with Gasteiger partial charge in [-0.15, -0.1) is 0 Å². The van der Waals surface area contributed by atoms with Crippen LogP contribution in [0, 0.1) is 6.42 Å². The van der Waals surface area contributed by atoms with Gasteiger partial charge in [0.1, 0.15) is 0 Å². The van der Waals surface area contributed by atoms with Gasteiger partial charge in [-0.3, -0.25) is 0 Å². The van der Waals surface area contributed by atoms with Gasteiger partial charge in [0, 0.05) is 25.9 Å². The molecule has 0 spiro atoms. The van der Waals surface area contributed by atoms with Gasteiger partial charge in [0.15, 0.2) is 0 Å². The van der Waals surface area contributed by atoms with Crippen molar-refractivity contribution in [1.29, 1.82) is 0 Å². The minimum atomic E-state index is 0. The summed E-state index contributed by atoms with van der Waals surface area (Å²) in [5.74, 6) is 0. The van der Waals surface area contributed by atoms with Crippen molar-refractivity contribution in [2.75, 3.05) is 0 Å². The number of rotatable bonds is 0. The van der Waals surface area contributed by atoms with Crippen molar-refractivity contribution in [1.82, 2.24) is 0 Å². The van der Waals surface area contributed by atoms with Crippen LogP contribution in [0.25, 0.3) is 0 Å². The predicted octanol–water partition coefficient (Wildman–Crippen LogP) is -1.13. The fraction of sp³-hybridized carbons (Fsp3) is 0. The van der Waals surface area contributed by atoms with Gasteiger partial charge < -0.3 is 17.0 Å². The zero-order valence-electron chi connectivity index (χ0n) is 5.18. The number of allylic oxidation sites excluding steroid dienone is 5. The maximum Gasteiger partial charge on any atom is 0.0119 e.